The first-order valence-electron chi connectivity index (χ1n) is 8.87. The second-order valence-corrected chi connectivity index (χ2v) is 13.8. The highest BCUT2D eigenvalue weighted by atomic mass is 35.5. The van der Waals surface area contributed by atoms with Crippen LogP contribution in [0.2, 0.25) is 30.7 Å². The van der Waals surface area contributed by atoms with Crippen LogP contribution in [0, 0.1) is 17.1 Å². The first-order chi connectivity index (χ1) is 13.2. The fourth-order valence-corrected chi connectivity index (χ4v) is 3.94. The molecule has 0 bridgehead atoms. The lowest BCUT2D eigenvalue weighted by Gasteiger charge is -2.16. The van der Waals surface area contributed by atoms with Crippen LogP contribution in [0.3, 0.4) is 0 Å². The van der Waals surface area contributed by atoms with Crippen LogP contribution in [0.25, 0.3) is 16.6 Å². The second kappa shape index (κ2) is 8.05. The highest BCUT2D eigenvalue weighted by Gasteiger charge is 2.24. The van der Waals surface area contributed by atoms with Gasteiger partial charge in [-0.25, -0.2) is 9.37 Å². The molecule has 2 heterocycles. The molecule has 0 radical (unpaired) electrons. The van der Waals surface area contributed by atoms with E-state index in [-0.39, 0.29) is 22.8 Å². The van der Waals surface area contributed by atoms with Gasteiger partial charge in [0.2, 0.25) is 0 Å². The molecular weight excluding hydrogens is 399 g/mol. The SMILES string of the molecule is C[Si](C)(C)CCOCn1cc(-n2ccnc2)c2c(C(O)C#N)cc(Cl)c(F)c21. The molecule has 3 aromatic rings. The van der Waals surface area contributed by atoms with Crippen molar-refractivity contribution in [3.05, 3.63) is 47.4 Å². The molecule has 0 saturated carbocycles. The minimum atomic E-state index is -1.44. The van der Waals surface area contributed by atoms with Crippen molar-refractivity contribution in [1.82, 2.24) is 14.1 Å². The molecule has 148 valence electrons. The number of halogens is 2. The molecule has 0 aliphatic carbocycles. The van der Waals surface area contributed by atoms with E-state index in [0.29, 0.717) is 17.7 Å². The van der Waals surface area contributed by atoms with Crippen LogP contribution in [0.5, 0.6) is 0 Å². The van der Waals surface area contributed by atoms with Crippen molar-refractivity contribution in [2.24, 2.45) is 0 Å². The molecule has 1 aromatic carbocycles. The Labute approximate surface area is 168 Å². The maximum Gasteiger partial charge on any atom is 0.166 e. The molecule has 9 heteroatoms. The quantitative estimate of drug-likeness (QED) is 0.347. The Morgan fingerprint density at radius 2 is 2.18 bits per heavy atom. The van der Waals surface area contributed by atoms with Gasteiger partial charge in [0.25, 0.3) is 0 Å². The molecule has 0 aliphatic heterocycles. The molecular formula is C19H22ClFN4O2Si. The zero-order valence-corrected chi connectivity index (χ0v) is 17.7. The highest BCUT2D eigenvalue weighted by molar-refractivity contribution is 6.76. The average Bonchev–Trinajstić information content (AvgIpc) is 3.28. The Morgan fingerprint density at radius 1 is 1.43 bits per heavy atom. The predicted molar refractivity (Wildman–Crippen MR) is 109 cm³/mol. The summed E-state index contributed by atoms with van der Waals surface area (Å²) in [6.07, 6.45) is 5.15. The third-order valence-electron chi connectivity index (χ3n) is 4.47. The van der Waals surface area contributed by atoms with Gasteiger partial charge in [0.15, 0.2) is 11.9 Å². The van der Waals surface area contributed by atoms with E-state index in [1.807, 2.05) is 0 Å². The number of hydrogen-bond donors (Lipinski definition) is 1. The van der Waals surface area contributed by atoms with Gasteiger partial charge in [-0.1, -0.05) is 31.2 Å². The van der Waals surface area contributed by atoms with Crippen molar-refractivity contribution >= 4 is 30.6 Å². The number of rotatable bonds is 7. The van der Waals surface area contributed by atoms with Crippen molar-refractivity contribution in [2.75, 3.05) is 6.61 Å². The molecule has 0 saturated heterocycles. The monoisotopic (exact) mass is 420 g/mol. The number of aromatic nitrogens is 3. The van der Waals surface area contributed by atoms with E-state index >= 15 is 0 Å². The maximum absolute atomic E-state index is 15.0. The number of nitriles is 1. The average molecular weight is 421 g/mol. The zero-order valence-electron chi connectivity index (χ0n) is 16.0. The van der Waals surface area contributed by atoms with Crippen LogP contribution in [0.1, 0.15) is 11.7 Å². The number of benzene rings is 1. The summed E-state index contributed by atoms with van der Waals surface area (Å²) in [6, 6.07) is 4.07. The number of fused-ring (bicyclic) bond motifs is 1. The first-order valence-corrected chi connectivity index (χ1v) is 13.0. The number of imidazole rings is 1. The van der Waals surface area contributed by atoms with E-state index in [9.17, 15) is 14.8 Å². The van der Waals surface area contributed by atoms with E-state index in [1.165, 1.54) is 6.07 Å². The van der Waals surface area contributed by atoms with Crippen LogP contribution in [0.4, 0.5) is 4.39 Å². The van der Waals surface area contributed by atoms with Crippen LogP contribution in [-0.2, 0) is 11.5 Å². The van der Waals surface area contributed by atoms with E-state index < -0.39 is 20.0 Å². The zero-order chi connectivity index (χ0) is 20.5. The van der Waals surface area contributed by atoms with Gasteiger partial charge in [0.1, 0.15) is 6.73 Å². The van der Waals surface area contributed by atoms with Gasteiger partial charge in [0.05, 0.1) is 28.6 Å². The molecule has 28 heavy (non-hydrogen) atoms. The van der Waals surface area contributed by atoms with Gasteiger partial charge in [-0.3, -0.25) is 0 Å². The lowest BCUT2D eigenvalue weighted by atomic mass is 10.0. The Balaban J connectivity index is 2.12. The fraction of sp³-hybridized carbons (Fsp3) is 0.368. The lowest BCUT2D eigenvalue weighted by molar-refractivity contribution is 0.0899. The van der Waals surface area contributed by atoms with E-state index in [2.05, 4.69) is 24.6 Å². The molecule has 0 amide bonds. The molecule has 0 aliphatic rings. The maximum atomic E-state index is 15.0. The predicted octanol–water partition coefficient (Wildman–Crippen LogP) is 4.49. The summed E-state index contributed by atoms with van der Waals surface area (Å²) in [5, 5.41) is 19.6. The summed E-state index contributed by atoms with van der Waals surface area (Å²) in [6.45, 7) is 7.48. The van der Waals surface area contributed by atoms with Gasteiger partial charge in [-0.15, -0.1) is 0 Å². The lowest BCUT2D eigenvalue weighted by Crippen LogP contribution is -2.22. The molecule has 1 unspecified atom stereocenters. The van der Waals surface area contributed by atoms with E-state index in [4.69, 9.17) is 16.3 Å². The van der Waals surface area contributed by atoms with Gasteiger partial charge in [-0.05, 0) is 12.1 Å². The highest BCUT2D eigenvalue weighted by Crippen LogP contribution is 2.36. The van der Waals surface area contributed by atoms with E-state index in [0.717, 1.165) is 6.04 Å². The number of nitrogens with zero attached hydrogens (tertiary/aromatic N) is 4. The molecule has 0 spiro atoms. The topological polar surface area (TPSA) is 76.0 Å². The summed E-state index contributed by atoms with van der Waals surface area (Å²) in [7, 11) is -1.25. The molecule has 6 nitrogen and oxygen atoms in total. The van der Waals surface area contributed by atoms with E-state index in [1.54, 1.807) is 40.1 Å². The molecule has 1 N–H and O–H groups in total. The third kappa shape index (κ3) is 4.13. The molecule has 0 fully saturated rings. The van der Waals surface area contributed by atoms with Gasteiger partial charge in [-0.2, -0.15) is 5.26 Å². The van der Waals surface area contributed by atoms with Crippen LogP contribution in [-0.4, -0.2) is 33.9 Å². The Hall–Kier alpha value is -2.18. The number of aliphatic hydroxyl groups excluding tert-OH is 1. The Kier molecular flexibility index (Phi) is 5.91. The normalized spacial score (nSPS) is 13.0. The summed E-state index contributed by atoms with van der Waals surface area (Å²) < 4.78 is 24.1. The Morgan fingerprint density at radius 3 is 2.79 bits per heavy atom. The fourth-order valence-electron chi connectivity index (χ4n) is 2.97. The minimum Gasteiger partial charge on any atom is -0.374 e. The largest absolute Gasteiger partial charge is 0.374 e. The molecule has 2 aromatic heterocycles. The standard InChI is InChI=1S/C19H22ClFN4O2Si/c1-28(2,3)7-6-27-12-25-10-15(24-5-4-23-11-24)17-13(16(26)9-22)8-14(20)18(21)19(17)25/h4-5,8,10-11,16,26H,6-7,12H2,1-3H3. The molecule has 1 atom stereocenters. The summed E-state index contributed by atoms with van der Waals surface area (Å²) in [4.78, 5) is 4.03. The third-order valence-corrected chi connectivity index (χ3v) is 6.45. The number of aliphatic hydroxyl groups is 1. The van der Waals surface area contributed by atoms with Crippen LogP contribution in [0.15, 0.2) is 31.0 Å². The van der Waals surface area contributed by atoms with Gasteiger partial charge < -0.3 is 19.0 Å². The summed E-state index contributed by atoms with van der Waals surface area (Å²) in [5.41, 5.74) is 1.02. The number of ether oxygens (including phenoxy) is 1. The first kappa shape index (κ1) is 20.5. The van der Waals surface area contributed by atoms with Gasteiger partial charge >= 0.3 is 0 Å². The van der Waals surface area contributed by atoms with Crippen molar-refractivity contribution in [2.45, 2.75) is 38.5 Å². The summed E-state index contributed by atoms with van der Waals surface area (Å²) >= 11 is 6.06. The van der Waals surface area contributed by atoms with Crippen molar-refractivity contribution < 1.29 is 14.2 Å². The Bertz CT molecular complexity index is 1020. The van der Waals surface area contributed by atoms with Crippen molar-refractivity contribution in [3.63, 3.8) is 0 Å². The van der Waals surface area contributed by atoms with Crippen LogP contribution >= 0.6 is 11.6 Å². The second-order valence-electron chi connectivity index (χ2n) is 7.82. The van der Waals surface area contributed by atoms with Crippen molar-refractivity contribution in [1.29, 1.82) is 5.26 Å². The van der Waals surface area contributed by atoms with Gasteiger partial charge in [0, 0.05) is 44.2 Å². The smallest absolute Gasteiger partial charge is 0.166 e. The molecule has 3 rings (SSSR count). The van der Waals surface area contributed by atoms with Crippen molar-refractivity contribution in [3.8, 4) is 11.8 Å². The van der Waals surface area contributed by atoms with Crippen LogP contribution < -0.4 is 0 Å². The number of hydrogen-bond acceptors (Lipinski definition) is 4. The summed E-state index contributed by atoms with van der Waals surface area (Å²) in [5.74, 6) is -0.620. The minimum absolute atomic E-state index is 0.134.